The van der Waals surface area contributed by atoms with Crippen molar-refractivity contribution in [3.05, 3.63) is 45.0 Å². The lowest BCUT2D eigenvalue weighted by molar-refractivity contribution is 0.391. The number of hydrogen-bond donors (Lipinski definition) is 1. The highest BCUT2D eigenvalue weighted by Gasteiger charge is 2.26. The van der Waals surface area contributed by atoms with Crippen molar-refractivity contribution in [2.75, 3.05) is 0 Å². The molecule has 0 fully saturated rings. The largest absolute Gasteiger partial charge is 0.468 e. The second-order valence-electron chi connectivity index (χ2n) is 4.42. The summed E-state index contributed by atoms with van der Waals surface area (Å²) in [6.07, 6.45) is 4.01. The molecule has 90 valence electrons. The van der Waals surface area contributed by atoms with E-state index >= 15 is 0 Å². The summed E-state index contributed by atoms with van der Waals surface area (Å²) >= 11 is 7.76. The van der Waals surface area contributed by atoms with Crippen LogP contribution in [0.3, 0.4) is 0 Å². The van der Waals surface area contributed by atoms with E-state index in [2.05, 4.69) is 18.3 Å². The molecule has 0 radical (unpaired) electrons. The van der Waals surface area contributed by atoms with Crippen LogP contribution < -0.4 is 5.32 Å². The van der Waals surface area contributed by atoms with Gasteiger partial charge >= 0.3 is 0 Å². The lowest BCUT2D eigenvalue weighted by Gasteiger charge is -2.18. The van der Waals surface area contributed by atoms with Crippen LogP contribution in [0.1, 0.15) is 41.6 Å². The zero-order valence-corrected chi connectivity index (χ0v) is 11.1. The van der Waals surface area contributed by atoms with Crippen LogP contribution in [0.25, 0.3) is 0 Å². The average molecular weight is 268 g/mol. The summed E-state index contributed by atoms with van der Waals surface area (Å²) in [5.41, 5.74) is 1.37. The fraction of sp³-hybridized carbons (Fsp3) is 0.385. The van der Waals surface area contributed by atoms with Gasteiger partial charge in [0.05, 0.1) is 16.6 Å². The summed E-state index contributed by atoms with van der Waals surface area (Å²) in [7, 11) is 0. The lowest BCUT2D eigenvalue weighted by Crippen LogP contribution is -2.22. The quantitative estimate of drug-likeness (QED) is 0.895. The number of rotatable bonds is 3. The summed E-state index contributed by atoms with van der Waals surface area (Å²) < 4.78 is 6.31. The Bertz CT molecular complexity index is 505. The van der Waals surface area contributed by atoms with Crippen molar-refractivity contribution in [1.82, 2.24) is 5.32 Å². The standard InChI is InChI=1S/C13H14ClNOS/c1-8(11-3-2-6-16-11)15-10-4-5-12-9(10)7-13(14)17-12/h2-3,6-8,10,15H,4-5H2,1H3. The minimum atomic E-state index is 0.236. The first-order valence-electron chi connectivity index (χ1n) is 5.81. The van der Waals surface area contributed by atoms with Gasteiger partial charge in [-0.3, -0.25) is 0 Å². The van der Waals surface area contributed by atoms with Gasteiger partial charge in [-0.2, -0.15) is 0 Å². The predicted octanol–water partition coefficient (Wildman–Crippen LogP) is 4.33. The Morgan fingerprint density at radius 2 is 2.47 bits per heavy atom. The molecule has 0 aliphatic heterocycles. The van der Waals surface area contributed by atoms with E-state index in [0.717, 1.165) is 22.9 Å². The third-order valence-electron chi connectivity index (χ3n) is 3.27. The van der Waals surface area contributed by atoms with Gasteiger partial charge in [0, 0.05) is 10.9 Å². The monoisotopic (exact) mass is 267 g/mol. The topological polar surface area (TPSA) is 25.2 Å². The van der Waals surface area contributed by atoms with E-state index in [1.54, 1.807) is 17.6 Å². The van der Waals surface area contributed by atoms with Gasteiger partial charge < -0.3 is 9.73 Å². The maximum absolute atomic E-state index is 6.05. The maximum atomic E-state index is 6.05. The fourth-order valence-corrected chi connectivity index (χ4v) is 3.78. The molecule has 0 amide bonds. The van der Waals surface area contributed by atoms with Crippen LogP contribution in [-0.4, -0.2) is 0 Å². The van der Waals surface area contributed by atoms with Gasteiger partial charge in [0.15, 0.2) is 0 Å². The number of thiophene rings is 1. The van der Waals surface area contributed by atoms with E-state index in [-0.39, 0.29) is 6.04 Å². The molecule has 0 spiro atoms. The second-order valence-corrected chi connectivity index (χ2v) is 6.19. The molecule has 0 saturated carbocycles. The van der Waals surface area contributed by atoms with Crippen molar-refractivity contribution in [2.24, 2.45) is 0 Å². The zero-order chi connectivity index (χ0) is 11.8. The van der Waals surface area contributed by atoms with Crippen molar-refractivity contribution >= 4 is 22.9 Å². The van der Waals surface area contributed by atoms with Crippen molar-refractivity contribution in [3.8, 4) is 0 Å². The molecule has 17 heavy (non-hydrogen) atoms. The van der Waals surface area contributed by atoms with Gasteiger partial charge in [-0.1, -0.05) is 11.6 Å². The van der Waals surface area contributed by atoms with Gasteiger partial charge in [-0.15, -0.1) is 11.3 Å². The smallest absolute Gasteiger partial charge is 0.120 e. The molecule has 2 aromatic rings. The molecular formula is C13H14ClNOS. The summed E-state index contributed by atoms with van der Waals surface area (Å²) in [6.45, 7) is 2.13. The van der Waals surface area contributed by atoms with Gasteiger partial charge in [0.25, 0.3) is 0 Å². The number of nitrogens with one attached hydrogen (secondary N) is 1. The molecule has 2 unspecified atom stereocenters. The molecule has 2 nitrogen and oxygen atoms in total. The molecule has 3 rings (SSSR count). The van der Waals surface area contributed by atoms with Crippen LogP contribution in [-0.2, 0) is 6.42 Å². The van der Waals surface area contributed by atoms with Crippen molar-refractivity contribution in [3.63, 3.8) is 0 Å². The van der Waals surface area contributed by atoms with Gasteiger partial charge in [0.2, 0.25) is 0 Å². The molecule has 2 aromatic heterocycles. The SMILES string of the molecule is CC(NC1CCc2sc(Cl)cc21)c1ccco1. The number of halogens is 1. The lowest BCUT2D eigenvalue weighted by atomic mass is 10.1. The third kappa shape index (κ3) is 2.15. The number of aryl methyl sites for hydroxylation is 1. The predicted molar refractivity (Wildman–Crippen MR) is 70.6 cm³/mol. The van der Waals surface area contributed by atoms with Crippen molar-refractivity contribution < 1.29 is 4.42 Å². The third-order valence-corrected chi connectivity index (χ3v) is 4.61. The van der Waals surface area contributed by atoms with Crippen LogP contribution in [0.2, 0.25) is 4.34 Å². The van der Waals surface area contributed by atoms with E-state index in [1.165, 1.54) is 10.4 Å². The number of fused-ring (bicyclic) bond motifs is 1. The highest BCUT2D eigenvalue weighted by molar-refractivity contribution is 7.16. The van der Waals surface area contributed by atoms with E-state index in [1.807, 2.05) is 12.1 Å². The van der Waals surface area contributed by atoms with E-state index in [0.29, 0.717) is 6.04 Å². The maximum Gasteiger partial charge on any atom is 0.120 e. The Balaban J connectivity index is 1.75. The van der Waals surface area contributed by atoms with Gasteiger partial charge in [0.1, 0.15) is 5.76 Å². The van der Waals surface area contributed by atoms with Crippen LogP contribution >= 0.6 is 22.9 Å². The first kappa shape index (κ1) is 11.3. The van der Waals surface area contributed by atoms with E-state index in [4.69, 9.17) is 16.0 Å². The summed E-state index contributed by atoms with van der Waals surface area (Å²) in [4.78, 5) is 1.43. The van der Waals surface area contributed by atoms with Crippen molar-refractivity contribution in [1.29, 1.82) is 0 Å². The van der Waals surface area contributed by atoms with Crippen LogP contribution in [0, 0.1) is 0 Å². The molecule has 0 bridgehead atoms. The van der Waals surface area contributed by atoms with Crippen LogP contribution in [0.5, 0.6) is 0 Å². The summed E-state index contributed by atoms with van der Waals surface area (Å²) in [6, 6.07) is 6.68. The van der Waals surface area contributed by atoms with E-state index < -0.39 is 0 Å². The molecule has 1 aliphatic carbocycles. The van der Waals surface area contributed by atoms with Crippen molar-refractivity contribution in [2.45, 2.75) is 31.8 Å². The van der Waals surface area contributed by atoms with E-state index in [9.17, 15) is 0 Å². The normalized spacial score (nSPS) is 20.5. The molecular weight excluding hydrogens is 254 g/mol. The first-order chi connectivity index (χ1) is 8.24. The van der Waals surface area contributed by atoms with Crippen LogP contribution in [0.15, 0.2) is 28.9 Å². The molecule has 0 saturated heterocycles. The summed E-state index contributed by atoms with van der Waals surface area (Å²) in [5.74, 6) is 0.986. The Labute approximate surface area is 110 Å². The Morgan fingerprint density at radius 1 is 1.59 bits per heavy atom. The second kappa shape index (κ2) is 4.48. The minimum Gasteiger partial charge on any atom is -0.468 e. The average Bonchev–Trinajstić information content (AvgIpc) is 2.96. The Kier molecular flexibility index (Phi) is 2.99. The fourth-order valence-electron chi connectivity index (χ4n) is 2.42. The number of furan rings is 1. The highest BCUT2D eigenvalue weighted by Crippen LogP contribution is 2.40. The Hall–Kier alpha value is -0.770. The molecule has 1 aliphatic rings. The minimum absolute atomic E-state index is 0.236. The molecule has 2 heterocycles. The zero-order valence-electron chi connectivity index (χ0n) is 9.57. The highest BCUT2D eigenvalue weighted by atomic mass is 35.5. The summed E-state index contributed by atoms with van der Waals surface area (Å²) in [5, 5.41) is 3.61. The molecule has 0 aromatic carbocycles. The number of hydrogen-bond acceptors (Lipinski definition) is 3. The first-order valence-corrected chi connectivity index (χ1v) is 7.01. The van der Waals surface area contributed by atoms with Gasteiger partial charge in [-0.05, 0) is 43.5 Å². The Morgan fingerprint density at radius 3 is 3.24 bits per heavy atom. The van der Waals surface area contributed by atoms with Gasteiger partial charge in [-0.25, -0.2) is 0 Å². The molecule has 4 heteroatoms. The van der Waals surface area contributed by atoms with Crippen LogP contribution in [0.4, 0.5) is 0 Å². The molecule has 1 N–H and O–H groups in total. The molecule has 2 atom stereocenters.